The number of hydrogen-bond donors (Lipinski definition) is 1. The Labute approximate surface area is 153 Å². The highest BCUT2D eigenvalue weighted by atomic mass is 35.5. The molecule has 1 aliphatic heterocycles. The number of hydrogen-bond acceptors (Lipinski definition) is 4. The fourth-order valence-corrected chi connectivity index (χ4v) is 3.60. The number of carbonyl (C=O) groups is 1. The van der Waals surface area contributed by atoms with Gasteiger partial charge in [-0.3, -0.25) is 9.69 Å². The summed E-state index contributed by atoms with van der Waals surface area (Å²) in [7, 11) is 0. The lowest BCUT2D eigenvalue weighted by Crippen LogP contribution is -2.35. The van der Waals surface area contributed by atoms with E-state index in [0.717, 1.165) is 55.9 Å². The number of nitrogens with zero attached hydrogens (tertiary/aromatic N) is 2. The van der Waals surface area contributed by atoms with Crippen LogP contribution in [-0.2, 0) is 11.3 Å². The van der Waals surface area contributed by atoms with Gasteiger partial charge in [-0.15, -0.1) is 0 Å². The van der Waals surface area contributed by atoms with E-state index in [-0.39, 0.29) is 5.91 Å². The van der Waals surface area contributed by atoms with Gasteiger partial charge in [-0.25, -0.2) is 4.98 Å². The SMILES string of the molecule is Cc1oc(-c2cccc(Cl)c2)nc1CN1CCC[C@H](CCC(N)=O)C1. The molecule has 1 saturated heterocycles. The van der Waals surface area contributed by atoms with Gasteiger partial charge < -0.3 is 10.2 Å². The van der Waals surface area contributed by atoms with Crippen molar-refractivity contribution in [3.05, 3.63) is 40.7 Å². The Morgan fingerprint density at radius 1 is 1.48 bits per heavy atom. The molecule has 2 aromatic rings. The Morgan fingerprint density at radius 3 is 3.08 bits per heavy atom. The van der Waals surface area contributed by atoms with Crippen LogP contribution < -0.4 is 5.73 Å². The van der Waals surface area contributed by atoms with Crippen molar-refractivity contribution in [1.29, 1.82) is 0 Å². The van der Waals surface area contributed by atoms with Crippen LogP contribution in [-0.4, -0.2) is 28.9 Å². The highest BCUT2D eigenvalue weighted by Gasteiger charge is 2.22. The van der Waals surface area contributed by atoms with Gasteiger partial charge in [-0.05, 0) is 56.8 Å². The lowest BCUT2D eigenvalue weighted by atomic mass is 9.93. The third kappa shape index (κ3) is 4.83. The largest absolute Gasteiger partial charge is 0.441 e. The summed E-state index contributed by atoms with van der Waals surface area (Å²) in [5.74, 6) is 1.77. The van der Waals surface area contributed by atoms with Gasteiger partial charge >= 0.3 is 0 Å². The molecule has 5 nitrogen and oxygen atoms in total. The molecule has 1 aliphatic rings. The van der Waals surface area contributed by atoms with Crippen LogP contribution in [0.2, 0.25) is 5.02 Å². The number of piperidine rings is 1. The maximum absolute atomic E-state index is 11.0. The van der Waals surface area contributed by atoms with Crippen molar-refractivity contribution in [2.45, 2.75) is 39.2 Å². The Morgan fingerprint density at radius 2 is 2.32 bits per heavy atom. The third-order valence-electron chi connectivity index (χ3n) is 4.74. The minimum atomic E-state index is -0.212. The minimum Gasteiger partial charge on any atom is -0.441 e. The average molecular weight is 362 g/mol. The third-order valence-corrected chi connectivity index (χ3v) is 4.97. The molecule has 3 rings (SSSR count). The summed E-state index contributed by atoms with van der Waals surface area (Å²) in [6.45, 7) is 4.74. The van der Waals surface area contributed by atoms with Crippen LogP contribution in [0.5, 0.6) is 0 Å². The van der Waals surface area contributed by atoms with Gasteiger partial charge in [0.25, 0.3) is 0 Å². The molecule has 1 aromatic heterocycles. The van der Waals surface area contributed by atoms with Crippen LogP contribution in [0.1, 0.15) is 37.1 Å². The van der Waals surface area contributed by atoms with Gasteiger partial charge in [-0.2, -0.15) is 0 Å². The zero-order valence-electron chi connectivity index (χ0n) is 14.5. The molecular formula is C19H24ClN3O2. The highest BCUT2D eigenvalue weighted by molar-refractivity contribution is 6.30. The standard InChI is InChI=1S/C19H24ClN3O2/c1-13-17(22-19(25-13)15-5-2-6-16(20)10-15)12-23-9-3-4-14(11-23)7-8-18(21)24/h2,5-6,10,14H,3-4,7-9,11-12H2,1H3,(H2,21,24)/t14-/m1/s1. The number of benzene rings is 1. The Kier molecular flexibility index (Phi) is 5.76. The lowest BCUT2D eigenvalue weighted by Gasteiger charge is -2.32. The molecule has 0 spiro atoms. The second kappa shape index (κ2) is 8.02. The lowest BCUT2D eigenvalue weighted by molar-refractivity contribution is -0.118. The van der Waals surface area contributed by atoms with Crippen LogP contribution in [0.25, 0.3) is 11.5 Å². The fourth-order valence-electron chi connectivity index (χ4n) is 3.41. The van der Waals surface area contributed by atoms with E-state index in [2.05, 4.69) is 9.88 Å². The van der Waals surface area contributed by atoms with E-state index in [4.69, 9.17) is 21.8 Å². The zero-order valence-corrected chi connectivity index (χ0v) is 15.3. The van der Waals surface area contributed by atoms with E-state index in [1.54, 1.807) is 0 Å². The molecule has 0 bridgehead atoms. The molecule has 0 saturated carbocycles. The number of aryl methyl sites for hydroxylation is 1. The topological polar surface area (TPSA) is 72.4 Å². The first-order valence-electron chi connectivity index (χ1n) is 8.74. The molecule has 134 valence electrons. The van der Waals surface area contributed by atoms with E-state index in [0.29, 0.717) is 23.3 Å². The predicted octanol–water partition coefficient (Wildman–Crippen LogP) is 3.78. The van der Waals surface area contributed by atoms with Crippen LogP contribution in [0.4, 0.5) is 0 Å². The van der Waals surface area contributed by atoms with Crippen molar-refractivity contribution in [3.63, 3.8) is 0 Å². The van der Waals surface area contributed by atoms with E-state index in [1.165, 1.54) is 0 Å². The Balaban J connectivity index is 1.65. The van der Waals surface area contributed by atoms with Crippen LogP contribution in [0.15, 0.2) is 28.7 Å². The van der Waals surface area contributed by atoms with Gasteiger partial charge in [0.05, 0.1) is 5.69 Å². The molecule has 1 atom stereocenters. The molecule has 1 amide bonds. The fraction of sp³-hybridized carbons (Fsp3) is 0.474. The molecule has 1 aromatic carbocycles. The summed E-state index contributed by atoms with van der Waals surface area (Å²) in [5, 5.41) is 0.670. The molecule has 2 N–H and O–H groups in total. The van der Waals surface area contributed by atoms with E-state index < -0.39 is 0 Å². The second-order valence-electron chi connectivity index (χ2n) is 6.78. The van der Waals surface area contributed by atoms with E-state index in [1.807, 2.05) is 31.2 Å². The van der Waals surface area contributed by atoms with Crippen LogP contribution >= 0.6 is 11.6 Å². The number of likely N-dealkylation sites (tertiary alicyclic amines) is 1. The molecular weight excluding hydrogens is 338 g/mol. The molecule has 0 unspecified atom stereocenters. The van der Waals surface area contributed by atoms with Crippen molar-refractivity contribution in [3.8, 4) is 11.5 Å². The van der Waals surface area contributed by atoms with E-state index >= 15 is 0 Å². The zero-order chi connectivity index (χ0) is 17.8. The molecule has 2 heterocycles. The second-order valence-corrected chi connectivity index (χ2v) is 7.22. The molecule has 1 fully saturated rings. The van der Waals surface area contributed by atoms with Gasteiger partial charge in [-0.1, -0.05) is 17.7 Å². The van der Waals surface area contributed by atoms with Crippen LogP contribution in [0, 0.1) is 12.8 Å². The summed E-state index contributed by atoms with van der Waals surface area (Å²) in [4.78, 5) is 18.1. The minimum absolute atomic E-state index is 0.212. The smallest absolute Gasteiger partial charge is 0.226 e. The van der Waals surface area contributed by atoms with Crippen molar-refractivity contribution in [2.24, 2.45) is 11.7 Å². The summed E-state index contributed by atoms with van der Waals surface area (Å²) in [6.07, 6.45) is 3.65. The number of halogens is 1. The number of amides is 1. The normalized spacial score (nSPS) is 18.4. The van der Waals surface area contributed by atoms with Crippen molar-refractivity contribution in [1.82, 2.24) is 9.88 Å². The maximum atomic E-state index is 11.0. The highest BCUT2D eigenvalue weighted by Crippen LogP contribution is 2.27. The quantitative estimate of drug-likeness (QED) is 0.849. The van der Waals surface area contributed by atoms with Crippen molar-refractivity contribution < 1.29 is 9.21 Å². The van der Waals surface area contributed by atoms with Crippen molar-refractivity contribution in [2.75, 3.05) is 13.1 Å². The Hall–Kier alpha value is -1.85. The molecule has 0 aliphatic carbocycles. The number of primary amides is 1. The first-order chi connectivity index (χ1) is 12.0. The van der Waals surface area contributed by atoms with Gasteiger partial charge in [0.15, 0.2) is 0 Å². The first kappa shape index (κ1) is 18.0. The Bertz CT molecular complexity index is 744. The van der Waals surface area contributed by atoms with Crippen molar-refractivity contribution >= 4 is 17.5 Å². The number of rotatable bonds is 6. The first-order valence-corrected chi connectivity index (χ1v) is 9.12. The summed E-state index contributed by atoms with van der Waals surface area (Å²) in [5.41, 5.74) is 7.12. The molecule has 6 heteroatoms. The number of nitrogens with two attached hydrogens (primary N) is 1. The van der Waals surface area contributed by atoms with Gasteiger partial charge in [0.2, 0.25) is 11.8 Å². The number of carbonyl (C=O) groups excluding carboxylic acids is 1. The number of aromatic nitrogens is 1. The average Bonchev–Trinajstić information content (AvgIpc) is 2.94. The monoisotopic (exact) mass is 361 g/mol. The molecule has 0 radical (unpaired) electrons. The van der Waals surface area contributed by atoms with Crippen LogP contribution in [0.3, 0.4) is 0 Å². The summed E-state index contributed by atoms with van der Waals surface area (Å²) in [6, 6.07) is 7.53. The van der Waals surface area contributed by atoms with Gasteiger partial charge in [0.1, 0.15) is 5.76 Å². The maximum Gasteiger partial charge on any atom is 0.226 e. The summed E-state index contributed by atoms with van der Waals surface area (Å²) < 4.78 is 5.85. The van der Waals surface area contributed by atoms with Gasteiger partial charge in [0, 0.05) is 30.1 Å². The van der Waals surface area contributed by atoms with E-state index in [9.17, 15) is 4.79 Å². The molecule has 25 heavy (non-hydrogen) atoms. The summed E-state index contributed by atoms with van der Waals surface area (Å²) >= 11 is 6.05. The number of oxazole rings is 1. The predicted molar refractivity (Wildman–Crippen MR) is 98.1 cm³/mol.